The number of carbonyl (C=O) groups excluding carboxylic acids is 3. The van der Waals surface area contributed by atoms with E-state index in [-0.39, 0.29) is 52.1 Å². The second-order valence-corrected chi connectivity index (χ2v) is 9.70. The van der Waals surface area contributed by atoms with Gasteiger partial charge in [0, 0.05) is 41.0 Å². The molecule has 5 N–H and O–H groups in total. The predicted molar refractivity (Wildman–Crippen MR) is 156 cm³/mol. The molecule has 13 nitrogen and oxygen atoms in total. The van der Waals surface area contributed by atoms with Crippen molar-refractivity contribution < 1.29 is 32.7 Å². The number of para-hydroxylation sites is 1. The zero-order valence-electron chi connectivity index (χ0n) is 25.9. The molecule has 2 fully saturated rings. The highest BCUT2D eigenvalue weighted by molar-refractivity contribution is 6.08. The lowest BCUT2D eigenvalue weighted by molar-refractivity contribution is -0.117. The van der Waals surface area contributed by atoms with Gasteiger partial charge < -0.3 is 40.8 Å². The minimum absolute atomic E-state index is 0.0296. The lowest BCUT2D eigenvalue weighted by Gasteiger charge is -2.23. The molecule has 1 aromatic heterocycles. The largest absolute Gasteiger partial charge is 0.494 e. The molecule has 220 valence electrons. The van der Waals surface area contributed by atoms with Gasteiger partial charge in [0.25, 0.3) is 11.8 Å². The minimum Gasteiger partial charge on any atom is -0.494 e. The Bertz CT molecular complexity index is 1540. The van der Waals surface area contributed by atoms with Crippen LogP contribution in [0.1, 0.15) is 37.8 Å². The second-order valence-electron chi connectivity index (χ2n) is 9.70. The molecule has 1 saturated heterocycles. The summed E-state index contributed by atoms with van der Waals surface area (Å²) in [7, 11) is 1.38. The fraction of sp³-hybridized carbons (Fsp3) is 0.345. The number of benzene rings is 2. The molecule has 1 saturated carbocycles. The normalized spacial score (nSPS) is 17.5. The zero-order valence-corrected chi connectivity index (χ0v) is 22.9. The van der Waals surface area contributed by atoms with Crippen LogP contribution in [0.25, 0.3) is 0 Å². The summed E-state index contributed by atoms with van der Waals surface area (Å²) < 4.78 is 38.8. The smallest absolute Gasteiger partial charge is 0.273 e. The molecule has 1 aliphatic heterocycles. The zero-order chi connectivity index (χ0) is 32.0. The van der Waals surface area contributed by atoms with E-state index < -0.39 is 18.8 Å². The highest BCUT2D eigenvalue weighted by Crippen LogP contribution is 2.34. The van der Waals surface area contributed by atoms with E-state index in [0.29, 0.717) is 32.1 Å². The molecule has 5 rings (SSSR count). The molecule has 2 heterocycles. The van der Waals surface area contributed by atoms with Crippen molar-refractivity contribution in [1.29, 1.82) is 0 Å². The van der Waals surface area contributed by atoms with Crippen LogP contribution in [-0.2, 0) is 14.3 Å². The molecule has 3 amide bonds. The number of hydrogen-bond acceptors (Lipinski definition) is 10. The molecule has 0 unspecified atom stereocenters. The summed E-state index contributed by atoms with van der Waals surface area (Å²) in [5.74, 6) is -1.63. The van der Waals surface area contributed by atoms with Crippen LogP contribution in [0.3, 0.4) is 0 Å². The van der Waals surface area contributed by atoms with Crippen molar-refractivity contribution >= 4 is 46.3 Å². The van der Waals surface area contributed by atoms with E-state index in [9.17, 15) is 14.4 Å². The van der Waals surface area contributed by atoms with Crippen LogP contribution >= 0.6 is 0 Å². The number of aromatic nitrogens is 2. The van der Waals surface area contributed by atoms with Gasteiger partial charge >= 0.3 is 0 Å². The fourth-order valence-electron chi connectivity index (χ4n) is 4.28. The van der Waals surface area contributed by atoms with Gasteiger partial charge in [0.05, 0.1) is 50.0 Å². The lowest BCUT2D eigenvalue weighted by Crippen LogP contribution is -2.34. The van der Waals surface area contributed by atoms with E-state index >= 15 is 0 Å². The van der Waals surface area contributed by atoms with Crippen molar-refractivity contribution in [2.75, 3.05) is 61.7 Å². The van der Waals surface area contributed by atoms with Crippen LogP contribution < -0.4 is 31.3 Å². The van der Waals surface area contributed by atoms with Crippen molar-refractivity contribution in [2.45, 2.75) is 18.9 Å². The standard InChI is InChI=1S/C29H33N7O6/c1-30-29(39)25-23(14-24(35-36-25)34-27(37)17-6-7-17)33-22-5-3-4-21(26(22)40-2)28(38)32-19-10-8-18(9-11-19)31-15-20-16-41-12-13-42-20/h3-5,8-11,14,17,20,31H,6-7,12-13,15-16H2,1-2H3,(H,30,39)(H,32,38)(H2,33,34,35,37)/t20-/m1/s1/i1D3. The van der Waals surface area contributed by atoms with Gasteiger partial charge in [-0.25, -0.2) is 0 Å². The Balaban J connectivity index is 1.33. The first-order chi connectivity index (χ1) is 21.6. The molecule has 3 aromatic rings. The van der Waals surface area contributed by atoms with Crippen molar-refractivity contribution in [3.8, 4) is 5.75 Å². The average molecular weight is 579 g/mol. The van der Waals surface area contributed by atoms with E-state index in [0.717, 1.165) is 18.5 Å². The van der Waals surface area contributed by atoms with Crippen LogP contribution in [0.2, 0.25) is 0 Å². The van der Waals surface area contributed by atoms with E-state index in [2.05, 4.69) is 31.5 Å². The Morgan fingerprint density at radius 3 is 2.52 bits per heavy atom. The van der Waals surface area contributed by atoms with Crippen molar-refractivity contribution in [2.24, 2.45) is 5.92 Å². The van der Waals surface area contributed by atoms with Gasteiger partial charge in [-0.3, -0.25) is 14.4 Å². The molecular weight excluding hydrogens is 542 g/mol. The van der Waals surface area contributed by atoms with Crippen LogP contribution in [0, 0.1) is 5.92 Å². The summed E-state index contributed by atoms with van der Waals surface area (Å²) in [6, 6.07) is 13.3. The third kappa shape index (κ3) is 7.11. The maximum Gasteiger partial charge on any atom is 0.273 e. The maximum absolute atomic E-state index is 13.3. The van der Waals surface area contributed by atoms with Crippen molar-refractivity contribution in [1.82, 2.24) is 15.5 Å². The van der Waals surface area contributed by atoms with E-state index in [1.807, 2.05) is 17.4 Å². The van der Waals surface area contributed by atoms with Gasteiger partial charge in [-0.1, -0.05) is 6.07 Å². The summed E-state index contributed by atoms with van der Waals surface area (Å²) in [6.07, 6.45) is 1.50. The van der Waals surface area contributed by atoms with E-state index in [1.165, 1.54) is 13.2 Å². The summed E-state index contributed by atoms with van der Waals surface area (Å²) in [5, 5.41) is 21.4. The van der Waals surface area contributed by atoms with Gasteiger partial charge in [-0.15, -0.1) is 10.2 Å². The molecule has 0 bridgehead atoms. The summed E-state index contributed by atoms with van der Waals surface area (Å²) in [4.78, 5) is 38.4. The molecule has 13 heteroatoms. The topological polar surface area (TPSA) is 165 Å². The Labute approximate surface area is 246 Å². The highest BCUT2D eigenvalue weighted by Gasteiger charge is 2.30. The number of anilines is 5. The van der Waals surface area contributed by atoms with Crippen molar-refractivity contribution in [3.63, 3.8) is 0 Å². The Hall–Kier alpha value is -4.75. The average Bonchev–Trinajstić information content (AvgIpc) is 3.86. The van der Waals surface area contributed by atoms with E-state index in [1.54, 1.807) is 30.3 Å². The number of nitrogens with one attached hydrogen (secondary N) is 5. The molecule has 0 spiro atoms. The molecule has 2 aliphatic rings. The summed E-state index contributed by atoms with van der Waals surface area (Å²) in [5.41, 5.74) is 1.53. The Morgan fingerprint density at radius 2 is 1.81 bits per heavy atom. The van der Waals surface area contributed by atoms with Crippen LogP contribution in [0.4, 0.5) is 28.6 Å². The number of methoxy groups -OCH3 is 1. The van der Waals surface area contributed by atoms with Gasteiger partial charge in [0.15, 0.2) is 17.3 Å². The molecular formula is C29H33N7O6. The Morgan fingerprint density at radius 1 is 1.00 bits per heavy atom. The first kappa shape index (κ1) is 25.0. The number of carbonyl (C=O) groups is 3. The number of nitrogens with zero attached hydrogens (tertiary/aromatic N) is 2. The Kier molecular flexibility index (Phi) is 7.90. The van der Waals surface area contributed by atoms with Gasteiger partial charge in [0.2, 0.25) is 5.91 Å². The minimum atomic E-state index is -2.78. The van der Waals surface area contributed by atoms with Crippen LogP contribution in [0.5, 0.6) is 5.75 Å². The predicted octanol–water partition coefficient (Wildman–Crippen LogP) is 3.02. The second kappa shape index (κ2) is 13.3. The van der Waals surface area contributed by atoms with Gasteiger partial charge in [-0.05, 0) is 49.2 Å². The summed E-state index contributed by atoms with van der Waals surface area (Å²) in [6.45, 7) is -0.496. The van der Waals surface area contributed by atoms with Crippen LogP contribution in [0.15, 0.2) is 48.5 Å². The monoisotopic (exact) mass is 578 g/mol. The van der Waals surface area contributed by atoms with Crippen LogP contribution in [-0.4, -0.2) is 74.5 Å². The number of hydrogen-bond donors (Lipinski definition) is 5. The highest BCUT2D eigenvalue weighted by atomic mass is 16.6. The first-order valence-electron chi connectivity index (χ1n) is 14.9. The molecule has 42 heavy (non-hydrogen) atoms. The van der Waals surface area contributed by atoms with Gasteiger partial charge in [-0.2, -0.15) is 0 Å². The first-order valence-corrected chi connectivity index (χ1v) is 13.4. The third-order valence-electron chi connectivity index (χ3n) is 6.62. The SMILES string of the molecule is [2H]C([2H])([2H])NC(=O)c1nnc(NC(=O)C2CC2)cc1Nc1cccc(C(=O)Nc2ccc(NC[C@@H]3COCCO3)cc2)c1OC. The summed E-state index contributed by atoms with van der Waals surface area (Å²) >= 11 is 0. The van der Waals surface area contributed by atoms with Gasteiger partial charge in [0.1, 0.15) is 0 Å². The number of amides is 3. The molecule has 1 atom stereocenters. The third-order valence-corrected chi connectivity index (χ3v) is 6.62. The quantitative estimate of drug-likeness (QED) is 0.228. The van der Waals surface area contributed by atoms with Crippen molar-refractivity contribution in [3.05, 3.63) is 59.8 Å². The number of ether oxygens (including phenoxy) is 3. The molecule has 0 radical (unpaired) electrons. The van der Waals surface area contributed by atoms with E-state index in [4.69, 9.17) is 18.3 Å². The molecule has 2 aromatic carbocycles. The fourth-order valence-corrected chi connectivity index (χ4v) is 4.28. The number of rotatable bonds is 11. The lowest BCUT2D eigenvalue weighted by atomic mass is 10.1. The maximum atomic E-state index is 13.3. The molecule has 1 aliphatic carbocycles.